The van der Waals surface area contributed by atoms with Gasteiger partial charge in [0.15, 0.2) is 0 Å². The minimum absolute atomic E-state index is 0.0249. The van der Waals surface area contributed by atoms with Crippen molar-refractivity contribution in [2.75, 3.05) is 27.3 Å². The van der Waals surface area contributed by atoms with Gasteiger partial charge in [-0.2, -0.15) is 4.31 Å². The van der Waals surface area contributed by atoms with Crippen LogP contribution in [0.4, 0.5) is 0 Å². The summed E-state index contributed by atoms with van der Waals surface area (Å²) in [5.41, 5.74) is 5.82. The maximum atomic E-state index is 13.1. The van der Waals surface area contributed by atoms with Crippen molar-refractivity contribution in [2.24, 2.45) is 5.73 Å². The van der Waals surface area contributed by atoms with Crippen LogP contribution >= 0.6 is 0 Å². The van der Waals surface area contributed by atoms with Gasteiger partial charge in [0.05, 0.1) is 19.8 Å². The van der Waals surface area contributed by atoms with Crippen LogP contribution in [0, 0.1) is 0 Å². The monoisotopic (exact) mass is 474 g/mol. The number of benzene rings is 2. The Morgan fingerprint density at radius 1 is 0.970 bits per heavy atom. The van der Waals surface area contributed by atoms with Gasteiger partial charge in [0, 0.05) is 25.2 Å². The number of hydrogen-bond donors (Lipinski definition) is 1. The molecule has 1 fully saturated rings. The molecule has 1 amide bonds. The van der Waals surface area contributed by atoms with Gasteiger partial charge in [0.2, 0.25) is 10.0 Å². The fourth-order valence-corrected chi connectivity index (χ4v) is 5.17. The first-order valence-corrected chi connectivity index (χ1v) is 11.8. The fourth-order valence-electron chi connectivity index (χ4n) is 3.47. The number of ether oxygens (including phenoxy) is 3. The SMILES string of the molecule is COc1ccc(C(N)=O)c(OC(=O)/C=C/c2ccc(OC)c(S(=O)(=O)N3CCCCC3)c2)c1. The van der Waals surface area contributed by atoms with Gasteiger partial charge in [-0.25, -0.2) is 13.2 Å². The number of nitrogens with zero attached hydrogens (tertiary/aromatic N) is 1. The molecule has 0 aliphatic carbocycles. The van der Waals surface area contributed by atoms with E-state index in [4.69, 9.17) is 19.9 Å². The average Bonchev–Trinajstić information content (AvgIpc) is 2.82. The molecular formula is C23H26N2O7S. The number of piperidine rings is 1. The Balaban J connectivity index is 1.84. The number of carbonyl (C=O) groups excluding carboxylic acids is 2. The molecule has 33 heavy (non-hydrogen) atoms. The Morgan fingerprint density at radius 3 is 2.33 bits per heavy atom. The third-order valence-electron chi connectivity index (χ3n) is 5.20. The number of methoxy groups -OCH3 is 2. The van der Waals surface area contributed by atoms with Crippen LogP contribution in [0.3, 0.4) is 0 Å². The molecule has 10 heteroatoms. The summed E-state index contributed by atoms with van der Waals surface area (Å²) in [5, 5.41) is 0. The predicted octanol–water partition coefficient (Wildman–Crippen LogP) is 2.60. The summed E-state index contributed by atoms with van der Waals surface area (Å²) in [5.74, 6) is -0.967. The van der Waals surface area contributed by atoms with E-state index in [-0.39, 0.29) is 22.0 Å². The van der Waals surface area contributed by atoms with Crippen LogP contribution in [-0.4, -0.2) is 51.9 Å². The molecular weight excluding hydrogens is 448 g/mol. The lowest BCUT2D eigenvalue weighted by atomic mass is 10.2. The second-order valence-electron chi connectivity index (χ2n) is 7.36. The third kappa shape index (κ3) is 5.71. The zero-order valence-electron chi connectivity index (χ0n) is 18.4. The molecule has 0 bridgehead atoms. The Kier molecular flexibility index (Phi) is 7.72. The third-order valence-corrected chi connectivity index (χ3v) is 7.12. The van der Waals surface area contributed by atoms with Crippen molar-refractivity contribution in [3.63, 3.8) is 0 Å². The van der Waals surface area contributed by atoms with Crippen LogP contribution < -0.4 is 19.9 Å². The first-order valence-electron chi connectivity index (χ1n) is 10.3. The van der Waals surface area contributed by atoms with Crippen LogP contribution in [-0.2, 0) is 14.8 Å². The maximum absolute atomic E-state index is 13.1. The molecule has 2 N–H and O–H groups in total. The topological polar surface area (TPSA) is 125 Å². The molecule has 2 aromatic rings. The van der Waals surface area contributed by atoms with Crippen molar-refractivity contribution in [3.05, 3.63) is 53.6 Å². The molecule has 0 aromatic heterocycles. The smallest absolute Gasteiger partial charge is 0.336 e. The molecule has 176 valence electrons. The maximum Gasteiger partial charge on any atom is 0.336 e. The number of esters is 1. The lowest BCUT2D eigenvalue weighted by Crippen LogP contribution is -2.35. The van der Waals surface area contributed by atoms with E-state index in [2.05, 4.69) is 0 Å². The predicted molar refractivity (Wildman–Crippen MR) is 122 cm³/mol. The summed E-state index contributed by atoms with van der Waals surface area (Å²) in [6.45, 7) is 0.918. The van der Waals surface area contributed by atoms with E-state index in [0.29, 0.717) is 24.4 Å². The highest BCUT2D eigenvalue weighted by Crippen LogP contribution is 2.30. The summed E-state index contributed by atoms with van der Waals surface area (Å²) >= 11 is 0. The quantitative estimate of drug-likeness (QED) is 0.354. The molecule has 0 atom stereocenters. The van der Waals surface area contributed by atoms with Crippen LogP contribution in [0.1, 0.15) is 35.2 Å². The van der Waals surface area contributed by atoms with Crippen LogP contribution in [0.2, 0.25) is 0 Å². The Bertz CT molecular complexity index is 1170. The molecule has 0 radical (unpaired) electrons. The number of carbonyl (C=O) groups is 2. The van der Waals surface area contributed by atoms with Crippen molar-refractivity contribution >= 4 is 28.0 Å². The number of nitrogens with two attached hydrogens (primary N) is 1. The first-order chi connectivity index (χ1) is 15.8. The second-order valence-corrected chi connectivity index (χ2v) is 9.26. The van der Waals surface area contributed by atoms with E-state index >= 15 is 0 Å². The minimum atomic E-state index is -3.74. The van der Waals surface area contributed by atoms with E-state index < -0.39 is 21.9 Å². The molecule has 0 saturated carbocycles. The summed E-state index contributed by atoms with van der Waals surface area (Å²) in [6.07, 6.45) is 5.17. The van der Waals surface area contributed by atoms with Crippen molar-refractivity contribution in [3.8, 4) is 17.2 Å². The zero-order chi connectivity index (χ0) is 24.0. The molecule has 3 rings (SSSR count). The van der Waals surface area contributed by atoms with Gasteiger partial charge < -0.3 is 19.9 Å². The van der Waals surface area contributed by atoms with Crippen molar-refractivity contribution in [2.45, 2.75) is 24.2 Å². The number of sulfonamides is 1. The molecule has 0 spiro atoms. The van der Waals surface area contributed by atoms with Crippen molar-refractivity contribution in [1.82, 2.24) is 4.31 Å². The van der Waals surface area contributed by atoms with Gasteiger partial charge in [-0.15, -0.1) is 0 Å². The Hall–Kier alpha value is -3.37. The molecule has 2 aromatic carbocycles. The molecule has 0 unspecified atom stereocenters. The highest BCUT2D eigenvalue weighted by Gasteiger charge is 2.29. The second kappa shape index (κ2) is 10.5. The number of hydrogen-bond acceptors (Lipinski definition) is 7. The van der Waals surface area contributed by atoms with Crippen LogP contribution in [0.15, 0.2) is 47.4 Å². The summed E-state index contributed by atoms with van der Waals surface area (Å²) in [7, 11) is -0.905. The van der Waals surface area contributed by atoms with Gasteiger partial charge in [-0.05, 0) is 48.7 Å². The van der Waals surface area contributed by atoms with E-state index in [0.717, 1.165) is 25.3 Å². The summed E-state index contributed by atoms with van der Waals surface area (Å²) in [4.78, 5) is 24.0. The summed E-state index contributed by atoms with van der Waals surface area (Å²) < 4.78 is 43.3. The van der Waals surface area contributed by atoms with Gasteiger partial charge in [0.1, 0.15) is 22.1 Å². The van der Waals surface area contributed by atoms with Gasteiger partial charge in [0.25, 0.3) is 5.91 Å². The van der Waals surface area contributed by atoms with E-state index in [9.17, 15) is 18.0 Å². The Morgan fingerprint density at radius 2 is 1.70 bits per heavy atom. The molecule has 1 aliphatic heterocycles. The van der Waals surface area contributed by atoms with Gasteiger partial charge in [-0.1, -0.05) is 12.5 Å². The van der Waals surface area contributed by atoms with Gasteiger partial charge in [-0.3, -0.25) is 4.79 Å². The number of primary amides is 1. The number of rotatable bonds is 8. The highest BCUT2D eigenvalue weighted by atomic mass is 32.2. The fraction of sp³-hybridized carbons (Fsp3) is 0.304. The average molecular weight is 475 g/mol. The lowest BCUT2D eigenvalue weighted by molar-refractivity contribution is -0.128. The zero-order valence-corrected chi connectivity index (χ0v) is 19.3. The van der Waals surface area contributed by atoms with E-state index in [1.54, 1.807) is 6.07 Å². The molecule has 1 aliphatic rings. The van der Waals surface area contributed by atoms with Crippen LogP contribution in [0.25, 0.3) is 6.08 Å². The molecule has 1 saturated heterocycles. The summed E-state index contributed by atoms with van der Waals surface area (Å²) in [6, 6.07) is 8.91. The lowest BCUT2D eigenvalue weighted by Gasteiger charge is -2.26. The van der Waals surface area contributed by atoms with E-state index in [1.807, 2.05) is 0 Å². The highest BCUT2D eigenvalue weighted by molar-refractivity contribution is 7.89. The van der Waals surface area contributed by atoms with Crippen molar-refractivity contribution in [1.29, 1.82) is 0 Å². The molecule has 1 heterocycles. The normalized spacial score (nSPS) is 14.7. The Labute approximate surface area is 192 Å². The van der Waals surface area contributed by atoms with Crippen LogP contribution in [0.5, 0.6) is 17.2 Å². The minimum Gasteiger partial charge on any atom is -0.497 e. The number of amides is 1. The van der Waals surface area contributed by atoms with E-state index in [1.165, 1.54) is 54.9 Å². The van der Waals surface area contributed by atoms with Crippen molar-refractivity contribution < 1.29 is 32.2 Å². The largest absolute Gasteiger partial charge is 0.497 e. The first kappa shape index (κ1) is 24.3. The standard InChI is InChI=1S/C23H26N2O7S/c1-30-17-8-9-18(23(24)27)20(15-17)32-22(26)11-7-16-6-10-19(31-2)21(14-16)33(28,29)25-12-4-3-5-13-25/h6-11,14-15H,3-5,12-13H2,1-2H3,(H2,24,27)/b11-7+. The van der Waals surface area contributed by atoms with Gasteiger partial charge >= 0.3 is 5.97 Å². The molecule has 9 nitrogen and oxygen atoms in total.